The fraction of sp³-hybridized carbons (Fsp3) is 0.318. The van der Waals surface area contributed by atoms with E-state index in [0.29, 0.717) is 45.5 Å². The van der Waals surface area contributed by atoms with E-state index in [1.54, 1.807) is 42.2 Å². The van der Waals surface area contributed by atoms with Crippen LogP contribution in [-0.2, 0) is 9.53 Å². The van der Waals surface area contributed by atoms with E-state index in [2.05, 4.69) is 20.6 Å². The summed E-state index contributed by atoms with van der Waals surface area (Å²) in [6.45, 7) is 2.19. The summed E-state index contributed by atoms with van der Waals surface area (Å²) in [5.41, 5.74) is 2.83. The van der Waals surface area contributed by atoms with Crippen LogP contribution in [0.3, 0.4) is 0 Å². The van der Waals surface area contributed by atoms with Crippen molar-refractivity contribution in [3.8, 4) is 11.1 Å². The predicted octanol–water partition coefficient (Wildman–Crippen LogP) is 4.72. The predicted molar refractivity (Wildman–Crippen MR) is 117 cm³/mol. The Hall–Kier alpha value is -3.04. The first-order valence-corrected chi connectivity index (χ1v) is 10.5. The van der Waals surface area contributed by atoms with Crippen molar-refractivity contribution in [2.24, 2.45) is 5.92 Å². The maximum absolute atomic E-state index is 15.4. The third-order valence-corrected chi connectivity index (χ3v) is 6.14. The number of aromatic amines is 1. The lowest BCUT2D eigenvalue weighted by atomic mass is 9.93. The van der Waals surface area contributed by atoms with Gasteiger partial charge in [-0.05, 0) is 24.1 Å². The number of fused-ring (bicyclic) bond motifs is 2. The summed E-state index contributed by atoms with van der Waals surface area (Å²) in [4.78, 5) is 12.0. The number of amides is 1. The number of rotatable bonds is 6. The zero-order chi connectivity index (χ0) is 22.6. The summed E-state index contributed by atoms with van der Waals surface area (Å²) in [7, 11) is 1.56. The Kier molecular flexibility index (Phi) is 5.10. The number of methoxy groups -OCH3 is 1. The molecule has 2 unspecified atom stereocenters. The van der Waals surface area contributed by atoms with Gasteiger partial charge in [-0.1, -0.05) is 18.5 Å². The molecule has 0 bridgehead atoms. The highest BCUT2D eigenvalue weighted by Crippen LogP contribution is 2.41. The molecule has 10 heteroatoms. The molecule has 1 fully saturated rings. The molecule has 1 aliphatic carbocycles. The molecule has 32 heavy (non-hydrogen) atoms. The van der Waals surface area contributed by atoms with Crippen LogP contribution in [0.5, 0.6) is 0 Å². The number of nitrogens with zero attached hydrogens (tertiary/aromatic N) is 3. The van der Waals surface area contributed by atoms with Crippen molar-refractivity contribution in [2.75, 3.05) is 19.0 Å². The van der Waals surface area contributed by atoms with Crippen molar-refractivity contribution in [3.63, 3.8) is 0 Å². The zero-order valence-corrected chi connectivity index (χ0v) is 18.1. The van der Waals surface area contributed by atoms with Crippen molar-refractivity contribution in [2.45, 2.75) is 25.4 Å². The topological polar surface area (TPSA) is 84.3 Å². The molecule has 0 spiro atoms. The highest BCUT2D eigenvalue weighted by atomic mass is 35.5. The van der Waals surface area contributed by atoms with Gasteiger partial charge >= 0.3 is 0 Å². The van der Waals surface area contributed by atoms with Gasteiger partial charge in [-0.2, -0.15) is 10.2 Å². The Morgan fingerprint density at radius 2 is 2.25 bits per heavy atom. The van der Waals surface area contributed by atoms with Gasteiger partial charge < -0.3 is 10.1 Å². The quantitative estimate of drug-likeness (QED) is 0.437. The third-order valence-electron chi connectivity index (χ3n) is 5.79. The van der Waals surface area contributed by atoms with Crippen LogP contribution in [0.15, 0.2) is 30.6 Å². The summed E-state index contributed by atoms with van der Waals surface area (Å²) in [5.74, 6) is -1.42. The van der Waals surface area contributed by atoms with Crippen LogP contribution in [0.1, 0.15) is 24.8 Å². The average molecular weight is 460 g/mol. The van der Waals surface area contributed by atoms with E-state index in [9.17, 15) is 9.18 Å². The molecule has 3 atom stereocenters. The van der Waals surface area contributed by atoms with Crippen molar-refractivity contribution in [1.82, 2.24) is 19.8 Å². The van der Waals surface area contributed by atoms with Crippen molar-refractivity contribution >= 4 is 39.7 Å². The zero-order valence-electron chi connectivity index (χ0n) is 17.3. The molecule has 0 radical (unpaired) electrons. The van der Waals surface area contributed by atoms with Crippen LogP contribution in [0.25, 0.3) is 27.5 Å². The van der Waals surface area contributed by atoms with Crippen LogP contribution in [-0.4, -0.2) is 45.6 Å². The fourth-order valence-electron chi connectivity index (χ4n) is 4.08. The highest BCUT2D eigenvalue weighted by Gasteiger charge is 2.43. The molecule has 5 rings (SSSR count). The second kappa shape index (κ2) is 7.83. The number of carbonyl (C=O) groups is 1. The van der Waals surface area contributed by atoms with Crippen LogP contribution >= 0.6 is 11.6 Å². The minimum Gasteiger partial charge on any atom is -0.384 e. The molecule has 2 N–H and O–H groups in total. The van der Waals surface area contributed by atoms with E-state index in [4.69, 9.17) is 16.3 Å². The number of hydrogen-bond acceptors (Lipinski definition) is 4. The number of alkyl halides is 1. The number of halogens is 3. The lowest BCUT2D eigenvalue weighted by Crippen LogP contribution is -2.15. The van der Waals surface area contributed by atoms with Crippen LogP contribution in [0.4, 0.5) is 14.6 Å². The summed E-state index contributed by atoms with van der Waals surface area (Å²) in [6, 6.07) is 5.22. The number of benzene rings is 1. The first kappa shape index (κ1) is 20.8. The lowest BCUT2D eigenvalue weighted by Gasteiger charge is -2.17. The first-order valence-electron chi connectivity index (χ1n) is 10.2. The Balaban J connectivity index is 1.57. The molecule has 166 valence electrons. The van der Waals surface area contributed by atoms with E-state index < -0.39 is 17.9 Å². The number of H-pyrrole nitrogens is 1. The molecule has 1 aromatic carbocycles. The van der Waals surface area contributed by atoms with Gasteiger partial charge in [0.25, 0.3) is 0 Å². The molecule has 3 aromatic heterocycles. The average Bonchev–Trinajstić information content (AvgIpc) is 3.12. The van der Waals surface area contributed by atoms with E-state index in [-0.39, 0.29) is 23.3 Å². The monoisotopic (exact) mass is 459 g/mol. The molecule has 3 heterocycles. The van der Waals surface area contributed by atoms with Crippen molar-refractivity contribution in [3.05, 3.63) is 47.0 Å². The van der Waals surface area contributed by atoms with Gasteiger partial charge in [-0.3, -0.25) is 9.89 Å². The SMILES string of the molecule is COC[C@@H](C)c1c(F)c(Cl)c(-c2ccn3nc(NC(=O)C4CC4F)cc3c2)c2cn[nH]c12. The summed E-state index contributed by atoms with van der Waals surface area (Å²) in [6.07, 6.45) is 2.47. The first-order chi connectivity index (χ1) is 15.4. The van der Waals surface area contributed by atoms with Crippen LogP contribution in [0.2, 0.25) is 5.02 Å². The fourth-order valence-corrected chi connectivity index (χ4v) is 4.39. The lowest BCUT2D eigenvalue weighted by molar-refractivity contribution is -0.117. The Morgan fingerprint density at radius 3 is 2.97 bits per heavy atom. The van der Waals surface area contributed by atoms with Gasteiger partial charge in [0, 0.05) is 41.8 Å². The van der Waals surface area contributed by atoms with Gasteiger partial charge in [0.1, 0.15) is 12.0 Å². The summed E-state index contributed by atoms with van der Waals surface area (Å²) >= 11 is 6.52. The standard InChI is InChI=1S/C22H20ClF2N5O2/c1-10(9-32-2)17-20(25)19(23)18(14-8-26-28-21(14)17)11-3-4-30-12(5-11)6-16(29-30)27-22(31)13-7-15(13)24/h3-6,8,10,13,15H,7,9H2,1-2H3,(H,26,28)(H,27,29,31)/t10-,13?,15?/m1/s1. The summed E-state index contributed by atoms with van der Waals surface area (Å²) in [5, 5.41) is 14.6. The van der Waals surface area contributed by atoms with E-state index in [1.807, 2.05) is 6.92 Å². The summed E-state index contributed by atoms with van der Waals surface area (Å²) < 4.78 is 35.3. The largest absolute Gasteiger partial charge is 0.384 e. The molecule has 4 aromatic rings. The second-order valence-electron chi connectivity index (χ2n) is 8.09. The Labute approximate surface area is 186 Å². The normalized spacial score (nSPS) is 18.9. The maximum atomic E-state index is 15.4. The van der Waals surface area contributed by atoms with Gasteiger partial charge in [0.2, 0.25) is 5.91 Å². The molecule has 0 aliphatic heterocycles. The molecule has 1 saturated carbocycles. The third kappa shape index (κ3) is 3.41. The molecule has 1 amide bonds. The molecular weight excluding hydrogens is 440 g/mol. The number of nitrogens with one attached hydrogen (secondary N) is 2. The van der Waals surface area contributed by atoms with E-state index in [1.165, 1.54) is 0 Å². The number of ether oxygens (including phenoxy) is 1. The van der Waals surface area contributed by atoms with Crippen molar-refractivity contribution in [1.29, 1.82) is 0 Å². The van der Waals surface area contributed by atoms with Gasteiger partial charge in [-0.15, -0.1) is 0 Å². The van der Waals surface area contributed by atoms with Gasteiger partial charge in [0.05, 0.1) is 34.8 Å². The van der Waals surface area contributed by atoms with E-state index in [0.717, 1.165) is 0 Å². The second-order valence-corrected chi connectivity index (χ2v) is 8.47. The van der Waals surface area contributed by atoms with Crippen LogP contribution < -0.4 is 5.32 Å². The minimum atomic E-state index is -1.08. The number of aromatic nitrogens is 4. The van der Waals surface area contributed by atoms with Crippen LogP contribution in [0, 0.1) is 11.7 Å². The Bertz CT molecular complexity index is 1350. The molecule has 7 nitrogen and oxygen atoms in total. The minimum absolute atomic E-state index is 0.00281. The molecular formula is C22H20ClF2N5O2. The van der Waals surface area contributed by atoms with Crippen molar-refractivity contribution < 1.29 is 18.3 Å². The maximum Gasteiger partial charge on any atom is 0.231 e. The van der Waals surface area contributed by atoms with E-state index >= 15 is 4.39 Å². The number of hydrogen-bond donors (Lipinski definition) is 2. The molecule has 1 aliphatic rings. The van der Waals surface area contributed by atoms with Gasteiger partial charge in [-0.25, -0.2) is 13.3 Å². The number of pyridine rings is 1. The number of anilines is 1. The number of carbonyl (C=O) groups excluding carboxylic acids is 1. The highest BCUT2D eigenvalue weighted by molar-refractivity contribution is 6.35. The van der Waals surface area contributed by atoms with Gasteiger partial charge in [0.15, 0.2) is 5.82 Å². The Morgan fingerprint density at radius 1 is 1.47 bits per heavy atom. The molecule has 0 saturated heterocycles. The smallest absolute Gasteiger partial charge is 0.231 e.